The number of hydrogen-bond acceptors (Lipinski definition) is 6. The van der Waals surface area contributed by atoms with Crippen LogP contribution in [0.2, 0.25) is 0 Å². The van der Waals surface area contributed by atoms with Crippen molar-refractivity contribution < 1.29 is 14.1 Å². The number of amides is 2. The van der Waals surface area contributed by atoms with Gasteiger partial charge in [-0.05, 0) is 33.3 Å². The van der Waals surface area contributed by atoms with E-state index in [1.807, 2.05) is 44.2 Å². The summed E-state index contributed by atoms with van der Waals surface area (Å²) in [6, 6.07) is 11.4. The third-order valence-electron chi connectivity index (χ3n) is 4.87. The van der Waals surface area contributed by atoms with E-state index in [4.69, 9.17) is 4.52 Å². The molecule has 0 saturated carbocycles. The first-order valence-electron chi connectivity index (χ1n) is 9.58. The van der Waals surface area contributed by atoms with Crippen LogP contribution < -0.4 is 5.32 Å². The summed E-state index contributed by atoms with van der Waals surface area (Å²) >= 11 is 1.11. The second-order valence-electron chi connectivity index (χ2n) is 6.63. The van der Waals surface area contributed by atoms with E-state index in [1.54, 1.807) is 18.7 Å². The van der Waals surface area contributed by atoms with Gasteiger partial charge in [-0.3, -0.25) is 9.59 Å². The van der Waals surface area contributed by atoms with E-state index >= 15 is 0 Å². The first kappa shape index (κ1) is 21.3. The summed E-state index contributed by atoms with van der Waals surface area (Å²) in [5.74, 6) is -0.213. The Labute approximate surface area is 178 Å². The summed E-state index contributed by atoms with van der Waals surface area (Å²) in [5.41, 5.74) is 2.34. The van der Waals surface area contributed by atoms with Crippen molar-refractivity contribution in [1.82, 2.24) is 10.1 Å². The van der Waals surface area contributed by atoms with Crippen molar-refractivity contribution in [2.45, 2.75) is 27.7 Å². The quantitative estimate of drug-likeness (QED) is 0.624. The number of nitriles is 1. The number of aryl methyl sites for hydroxylation is 1. The summed E-state index contributed by atoms with van der Waals surface area (Å²) in [6.45, 7) is 8.32. The zero-order valence-corrected chi connectivity index (χ0v) is 18.1. The molecule has 7 nitrogen and oxygen atoms in total. The smallest absolute Gasteiger partial charge is 0.264 e. The fourth-order valence-corrected chi connectivity index (χ4v) is 4.31. The highest BCUT2D eigenvalue weighted by molar-refractivity contribution is 7.18. The molecule has 30 heavy (non-hydrogen) atoms. The maximum Gasteiger partial charge on any atom is 0.264 e. The van der Waals surface area contributed by atoms with Crippen molar-refractivity contribution in [2.24, 2.45) is 0 Å². The Balaban J connectivity index is 1.98. The Morgan fingerprint density at radius 3 is 2.47 bits per heavy atom. The van der Waals surface area contributed by atoms with Crippen LogP contribution in [-0.2, 0) is 0 Å². The number of rotatable bonds is 6. The highest BCUT2D eigenvalue weighted by Crippen LogP contribution is 2.34. The number of benzene rings is 1. The number of carbonyl (C=O) groups excluding carboxylic acids is 2. The Bertz CT molecular complexity index is 1120. The molecule has 0 aliphatic carbocycles. The van der Waals surface area contributed by atoms with Crippen LogP contribution >= 0.6 is 11.3 Å². The van der Waals surface area contributed by atoms with Gasteiger partial charge in [0, 0.05) is 18.7 Å². The van der Waals surface area contributed by atoms with Crippen molar-refractivity contribution in [3.05, 3.63) is 57.7 Å². The fourth-order valence-electron chi connectivity index (χ4n) is 3.19. The van der Waals surface area contributed by atoms with E-state index in [-0.39, 0.29) is 5.91 Å². The molecule has 0 aliphatic rings. The average molecular weight is 423 g/mol. The maximum absolute atomic E-state index is 13.1. The van der Waals surface area contributed by atoms with Gasteiger partial charge in [-0.15, -0.1) is 11.3 Å². The lowest BCUT2D eigenvalue weighted by Gasteiger charge is -2.17. The van der Waals surface area contributed by atoms with E-state index in [2.05, 4.69) is 16.5 Å². The van der Waals surface area contributed by atoms with Crippen LogP contribution in [0.4, 0.5) is 5.00 Å². The van der Waals surface area contributed by atoms with Gasteiger partial charge in [0.05, 0.1) is 10.4 Å². The molecular weight excluding hydrogens is 400 g/mol. The molecule has 0 unspecified atom stereocenters. The van der Waals surface area contributed by atoms with Crippen molar-refractivity contribution in [3.8, 4) is 17.3 Å². The molecule has 1 N–H and O–H groups in total. The largest absolute Gasteiger partial charge is 0.360 e. The van der Waals surface area contributed by atoms with Crippen LogP contribution in [0.25, 0.3) is 11.3 Å². The van der Waals surface area contributed by atoms with Crippen molar-refractivity contribution in [3.63, 3.8) is 0 Å². The van der Waals surface area contributed by atoms with Gasteiger partial charge in [0.15, 0.2) is 0 Å². The van der Waals surface area contributed by atoms with Crippen molar-refractivity contribution in [2.75, 3.05) is 18.4 Å². The standard InChI is InChI=1S/C22H22N4O3S/c1-5-26(6-2)22(28)19-13(3)16(12-23)21(30-19)24-20(27)17-14(4)29-25-18(17)15-10-8-7-9-11-15/h7-11H,5-6H2,1-4H3,(H,24,27). The monoisotopic (exact) mass is 422 g/mol. The van der Waals surface area contributed by atoms with Crippen LogP contribution in [0, 0.1) is 25.2 Å². The first-order chi connectivity index (χ1) is 14.4. The highest BCUT2D eigenvalue weighted by Gasteiger charge is 2.27. The molecule has 0 atom stereocenters. The molecular formula is C22H22N4O3S. The van der Waals surface area contributed by atoms with E-state index < -0.39 is 5.91 Å². The van der Waals surface area contributed by atoms with Crippen LogP contribution in [-0.4, -0.2) is 35.0 Å². The Morgan fingerprint density at radius 1 is 1.20 bits per heavy atom. The molecule has 154 valence electrons. The van der Waals surface area contributed by atoms with E-state index in [9.17, 15) is 14.9 Å². The molecule has 1 aromatic carbocycles. The number of nitrogens with one attached hydrogen (secondary N) is 1. The zero-order chi connectivity index (χ0) is 21.8. The van der Waals surface area contributed by atoms with Crippen LogP contribution in [0.1, 0.15) is 50.8 Å². The van der Waals surface area contributed by atoms with Gasteiger partial charge in [0.1, 0.15) is 28.1 Å². The summed E-state index contributed by atoms with van der Waals surface area (Å²) in [4.78, 5) is 28.0. The molecule has 2 amide bonds. The molecule has 0 radical (unpaired) electrons. The zero-order valence-electron chi connectivity index (χ0n) is 17.3. The number of hydrogen-bond donors (Lipinski definition) is 1. The number of aromatic nitrogens is 1. The number of thiophene rings is 1. The van der Waals surface area contributed by atoms with E-state index in [0.717, 1.165) is 16.9 Å². The molecule has 8 heteroatoms. The lowest BCUT2D eigenvalue weighted by molar-refractivity contribution is 0.0777. The summed E-state index contributed by atoms with van der Waals surface area (Å²) in [5, 5.41) is 16.8. The summed E-state index contributed by atoms with van der Waals surface area (Å²) in [6.07, 6.45) is 0. The first-order valence-corrected chi connectivity index (χ1v) is 10.4. The van der Waals surface area contributed by atoms with Gasteiger partial charge in [-0.25, -0.2) is 0 Å². The summed E-state index contributed by atoms with van der Waals surface area (Å²) < 4.78 is 5.26. The molecule has 2 aromatic heterocycles. The normalized spacial score (nSPS) is 10.5. The van der Waals surface area contributed by atoms with E-state index in [0.29, 0.717) is 51.1 Å². The number of nitrogens with zero attached hydrogens (tertiary/aromatic N) is 3. The van der Waals surface area contributed by atoms with Crippen LogP contribution in [0.3, 0.4) is 0 Å². The van der Waals surface area contributed by atoms with Gasteiger partial charge in [0.2, 0.25) is 0 Å². The minimum Gasteiger partial charge on any atom is -0.360 e. The average Bonchev–Trinajstić information content (AvgIpc) is 3.29. The molecule has 0 fully saturated rings. The number of carbonyl (C=O) groups is 2. The van der Waals surface area contributed by atoms with E-state index in [1.165, 1.54) is 0 Å². The maximum atomic E-state index is 13.1. The molecule has 0 aliphatic heterocycles. The second-order valence-corrected chi connectivity index (χ2v) is 7.65. The topological polar surface area (TPSA) is 99.2 Å². The predicted octanol–water partition coefficient (Wildman–Crippen LogP) is 4.63. The Hall–Kier alpha value is -3.44. The lowest BCUT2D eigenvalue weighted by atomic mass is 10.1. The lowest BCUT2D eigenvalue weighted by Crippen LogP contribution is -2.30. The van der Waals surface area contributed by atoms with Crippen molar-refractivity contribution >= 4 is 28.2 Å². The van der Waals surface area contributed by atoms with Gasteiger partial charge in [-0.1, -0.05) is 35.5 Å². The Kier molecular flexibility index (Phi) is 6.33. The minimum atomic E-state index is -0.438. The van der Waals surface area contributed by atoms with Crippen LogP contribution in [0.5, 0.6) is 0 Å². The van der Waals surface area contributed by atoms with Gasteiger partial charge < -0.3 is 14.7 Å². The molecule has 2 heterocycles. The molecule has 3 aromatic rings. The minimum absolute atomic E-state index is 0.148. The third kappa shape index (κ3) is 3.84. The Morgan fingerprint density at radius 2 is 1.87 bits per heavy atom. The molecule has 0 spiro atoms. The fraction of sp³-hybridized carbons (Fsp3) is 0.273. The number of anilines is 1. The van der Waals surface area contributed by atoms with Gasteiger partial charge in [-0.2, -0.15) is 5.26 Å². The highest BCUT2D eigenvalue weighted by atomic mass is 32.1. The molecule has 0 bridgehead atoms. The summed E-state index contributed by atoms with van der Waals surface area (Å²) in [7, 11) is 0. The van der Waals surface area contributed by atoms with Gasteiger partial charge >= 0.3 is 0 Å². The SMILES string of the molecule is CCN(CC)C(=O)c1sc(NC(=O)c2c(-c3ccccc3)noc2C)c(C#N)c1C. The molecule has 0 saturated heterocycles. The third-order valence-corrected chi connectivity index (χ3v) is 6.06. The predicted molar refractivity (Wildman–Crippen MR) is 116 cm³/mol. The van der Waals surface area contributed by atoms with Crippen molar-refractivity contribution in [1.29, 1.82) is 5.26 Å². The second kappa shape index (κ2) is 8.93. The van der Waals surface area contributed by atoms with Gasteiger partial charge in [0.25, 0.3) is 11.8 Å². The molecule has 3 rings (SSSR count). The van der Waals surface area contributed by atoms with Crippen LogP contribution in [0.15, 0.2) is 34.9 Å².